The van der Waals surface area contributed by atoms with E-state index < -0.39 is 0 Å². The van der Waals surface area contributed by atoms with Gasteiger partial charge in [-0.2, -0.15) is 0 Å². The molecule has 1 aliphatic rings. The second-order valence-corrected chi connectivity index (χ2v) is 8.16. The van der Waals surface area contributed by atoms with Crippen LogP contribution in [0, 0.1) is 0 Å². The lowest BCUT2D eigenvalue weighted by molar-refractivity contribution is -0.119. The number of anilines is 1. The number of carbonyl (C=O) groups excluding carboxylic acids is 2. The Balaban J connectivity index is 1.39. The third-order valence-corrected chi connectivity index (χ3v) is 6.07. The van der Waals surface area contributed by atoms with E-state index in [1.54, 1.807) is 31.4 Å². The van der Waals surface area contributed by atoms with Crippen LogP contribution in [0.3, 0.4) is 0 Å². The maximum Gasteiger partial charge on any atom is 0.286 e. The average molecular weight is 423 g/mol. The molecule has 0 saturated carbocycles. The van der Waals surface area contributed by atoms with Gasteiger partial charge in [-0.15, -0.1) is 22.0 Å². The minimum absolute atomic E-state index is 0.0255. The molecule has 28 heavy (non-hydrogen) atoms. The molecule has 150 valence electrons. The predicted octanol–water partition coefficient (Wildman–Crippen LogP) is 2.33. The van der Waals surface area contributed by atoms with Gasteiger partial charge in [0.2, 0.25) is 10.9 Å². The molecule has 1 atom stereocenters. The number of thioether (sulfide) groups is 1. The molecule has 1 fully saturated rings. The Morgan fingerprint density at radius 2 is 2.14 bits per heavy atom. The first-order valence-electron chi connectivity index (χ1n) is 8.88. The molecule has 0 aliphatic carbocycles. The first kappa shape index (κ1) is 20.6. The molecule has 2 amide bonds. The van der Waals surface area contributed by atoms with E-state index in [9.17, 15) is 9.59 Å². The molecule has 8 nitrogen and oxygen atoms in total. The van der Waals surface area contributed by atoms with Crippen LogP contribution >= 0.6 is 23.1 Å². The lowest BCUT2D eigenvalue weighted by Gasteiger charge is -2.10. The quantitative estimate of drug-likeness (QED) is 0.639. The van der Waals surface area contributed by atoms with Gasteiger partial charge >= 0.3 is 0 Å². The fourth-order valence-corrected chi connectivity index (χ4v) is 4.22. The Hall–Kier alpha value is -2.17. The zero-order valence-corrected chi connectivity index (χ0v) is 17.1. The van der Waals surface area contributed by atoms with E-state index in [1.165, 1.54) is 23.1 Å². The minimum Gasteiger partial charge on any atom is -0.497 e. The van der Waals surface area contributed by atoms with Gasteiger partial charge in [-0.25, -0.2) is 0 Å². The van der Waals surface area contributed by atoms with Crippen molar-refractivity contribution < 1.29 is 19.1 Å². The van der Waals surface area contributed by atoms with E-state index in [2.05, 4.69) is 20.8 Å². The molecule has 2 heterocycles. The maximum atomic E-state index is 12.3. The molecule has 3 rings (SSSR count). The standard InChI is InChI=1S/C18H22N4O4S2/c1-25-13-6-4-12(5-7-13)20-17(24)18-22-21-16(28-18)11-27-10-15(23)19-9-14-3-2-8-26-14/h4-7,14H,2-3,8-11H2,1H3,(H,19,23)(H,20,24)/t14-/m1/s1. The average Bonchev–Trinajstić information content (AvgIpc) is 3.39. The number of nitrogens with one attached hydrogen (secondary N) is 2. The highest BCUT2D eigenvalue weighted by Crippen LogP contribution is 2.19. The van der Waals surface area contributed by atoms with Gasteiger partial charge in [0.1, 0.15) is 10.8 Å². The lowest BCUT2D eigenvalue weighted by Crippen LogP contribution is -2.32. The van der Waals surface area contributed by atoms with E-state index >= 15 is 0 Å². The molecular weight excluding hydrogens is 400 g/mol. The highest BCUT2D eigenvalue weighted by Gasteiger charge is 2.17. The summed E-state index contributed by atoms with van der Waals surface area (Å²) in [5.74, 6) is 1.24. The van der Waals surface area contributed by atoms with Crippen molar-refractivity contribution in [2.75, 3.05) is 31.3 Å². The summed E-state index contributed by atoms with van der Waals surface area (Å²) in [7, 11) is 1.59. The summed E-state index contributed by atoms with van der Waals surface area (Å²) < 4.78 is 10.6. The number of nitrogens with zero attached hydrogens (tertiary/aromatic N) is 2. The number of benzene rings is 1. The summed E-state index contributed by atoms with van der Waals surface area (Å²) in [6, 6.07) is 7.04. The third-order valence-electron chi connectivity index (χ3n) is 4.02. The second-order valence-electron chi connectivity index (χ2n) is 6.12. The van der Waals surface area contributed by atoms with Gasteiger partial charge in [0.05, 0.1) is 19.0 Å². The number of hydrogen-bond donors (Lipinski definition) is 2. The molecule has 1 saturated heterocycles. The molecule has 0 spiro atoms. The van der Waals surface area contributed by atoms with Crippen molar-refractivity contribution in [3.8, 4) is 5.75 Å². The normalized spacial score (nSPS) is 16.0. The first-order valence-corrected chi connectivity index (χ1v) is 10.8. The highest BCUT2D eigenvalue weighted by atomic mass is 32.2. The van der Waals surface area contributed by atoms with Gasteiger partial charge in [-0.05, 0) is 37.1 Å². The van der Waals surface area contributed by atoms with Gasteiger partial charge in [0.15, 0.2) is 0 Å². The van der Waals surface area contributed by atoms with Gasteiger partial charge in [-0.3, -0.25) is 9.59 Å². The largest absolute Gasteiger partial charge is 0.497 e. The number of aromatic nitrogens is 2. The van der Waals surface area contributed by atoms with Crippen molar-refractivity contribution >= 4 is 40.6 Å². The van der Waals surface area contributed by atoms with Crippen LogP contribution in [0.4, 0.5) is 5.69 Å². The maximum absolute atomic E-state index is 12.3. The molecule has 0 radical (unpaired) electrons. The van der Waals surface area contributed by atoms with Crippen LogP contribution in [0.15, 0.2) is 24.3 Å². The molecule has 1 aromatic carbocycles. The van der Waals surface area contributed by atoms with Gasteiger partial charge in [-0.1, -0.05) is 11.3 Å². The Morgan fingerprint density at radius 1 is 1.32 bits per heavy atom. The van der Waals surface area contributed by atoms with Crippen molar-refractivity contribution in [1.29, 1.82) is 0 Å². The van der Waals surface area contributed by atoms with Crippen LogP contribution in [0.5, 0.6) is 5.75 Å². The van der Waals surface area contributed by atoms with Crippen molar-refractivity contribution in [3.63, 3.8) is 0 Å². The summed E-state index contributed by atoms with van der Waals surface area (Å²) in [6.45, 7) is 1.34. The number of rotatable bonds is 9. The summed E-state index contributed by atoms with van der Waals surface area (Å²) in [6.07, 6.45) is 2.20. The zero-order valence-electron chi connectivity index (χ0n) is 15.5. The van der Waals surface area contributed by atoms with Crippen molar-refractivity contribution in [2.45, 2.75) is 24.7 Å². The van der Waals surface area contributed by atoms with Crippen LogP contribution in [0.25, 0.3) is 0 Å². The fraction of sp³-hybridized carbons (Fsp3) is 0.444. The van der Waals surface area contributed by atoms with Crippen LogP contribution in [0.1, 0.15) is 27.7 Å². The Morgan fingerprint density at radius 3 is 2.86 bits per heavy atom. The van der Waals surface area contributed by atoms with Gasteiger partial charge < -0.3 is 20.1 Å². The van der Waals surface area contributed by atoms with E-state index in [-0.39, 0.29) is 22.9 Å². The molecule has 0 bridgehead atoms. The monoisotopic (exact) mass is 422 g/mol. The minimum atomic E-state index is -0.312. The number of hydrogen-bond acceptors (Lipinski definition) is 8. The van der Waals surface area contributed by atoms with Crippen molar-refractivity contribution in [1.82, 2.24) is 15.5 Å². The summed E-state index contributed by atoms with van der Waals surface area (Å²) >= 11 is 2.66. The Kier molecular flexibility index (Phi) is 7.63. The predicted molar refractivity (Wildman–Crippen MR) is 109 cm³/mol. The number of carbonyl (C=O) groups is 2. The first-order chi connectivity index (χ1) is 13.6. The SMILES string of the molecule is COc1ccc(NC(=O)c2nnc(CSCC(=O)NC[C@H]3CCCO3)s2)cc1. The Bertz CT molecular complexity index is 791. The summed E-state index contributed by atoms with van der Waals surface area (Å²) in [4.78, 5) is 24.1. The van der Waals surface area contributed by atoms with E-state index in [1.807, 2.05) is 0 Å². The number of amides is 2. The Labute approximate surface area is 171 Å². The molecule has 1 aliphatic heterocycles. The van der Waals surface area contributed by atoms with Crippen LogP contribution in [-0.2, 0) is 15.3 Å². The van der Waals surface area contributed by atoms with Crippen LogP contribution < -0.4 is 15.4 Å². The number of ether oxygens (including phenoxy) is 2. The molecule has 2 N–H and O–H groups in total. The zero-order chi connectivity index (χ0) is 19.8. The summed E-state index contributed by atoms with van der Waals surface area (Å²) in [5.41, 5.74) is 0.653. The van der Waals surface area contributed by atoms with E-state index in [0.717, 1.165) is 19.4 Å². The fourth-order valence-electron chi connectivity index (χ4n) is 2.58. The second kappa shape index (κ2) is 10.4. The van der Waals surface area contributed by atoms with Crippen LogP contribution in [-0.4, -0.2) is 54.1 Å². The third kappa shape index (κ3) is 6.18. The van der Waals surface area contributed by atoms with E-state index in [0.29, 0.717) is 34.5 Å². The number of methoxy groups -OCH3 is 1. The topological polar surface area (TPSA) is 102 Å². The molecule has 10 heteroatoms. The molecule has 0 unspecified atom stereocenters. The molecule has 1 aromatic heterocycles. The van der Waals surface area contributed by atoms with Gasteiger partial charge in [0, 0.05) is 24.6 Å². The van der Waals surface area contributed by atoms with Crippen LogP contribution in [0.2, 0.25) is 0 Å². The van der Waals surface area contributed by atoms with Crippen molar-refractivity contribution in [3.05, 3.63) is 34.3 Å². The van der Waals surface area contributed by atoms with Gasteiger partial charge in [0.25, 0.3) is 5.91 Å². The van der Waals surface area contributed by atoms with Crippen molar-refractivity contribution in [2.24, 2.45) is 0 Å². The molecule has 2 aromatic rings. The summed E-state index contributed by atoms with van der Waals surface area (Å²) in [5, 5.41) is 14.6. The smallest absolute Gasteiger partial charge is 0.286 e. The molecular formula is C18H22N4O4S2. The van der Waals surface area contributed by atoms with E-state index in [4.69, 9.17) is 9.47 Å². The highest BCUT2D eigenvalue weighted by molar-refractivity contribution is 7.99. The lowest BCUT2D eigenvalue weighted by atomic mass is 10.2.